The number of hydrogen-bond donors (Lipinski definition) is 0. The summed E-state index contributed by atoms with van der Waals surface area (Å²) in [5.41, 5.74) is 1.86. The SMILES string of the molecule is Clc1ncnc2nc(C3CCCC3)ccc12. The number of fused-ring (bicyclic) bond motifs is 1. The Kier molecular flexibility index (Phi) is 2.48. The Morgan fingerprint density at radius 3 is 2.75 bits per heavy atom. The number of hydrogen-bond acceptors (Lipinski definition) is 3. The van der Waals surface area contributed by atoms with Crippen LogP contribution in [0.2, 0.25) is 5.15 Å². The Labute approximate surface area is 98.9 Å². The molecule has 0 aliphatic heterocycles. The lowest BCUT2D eigenvalue weighted by Crippen LogP contribution is -1.98. The monoisotopic (exact) mass is 233 g/mol. The highest BCUT2D eigenvalue weighted by atomic mass is 35.5. The van der Waals surface area contributed by atoms with Gasteiger partial charge < -0.3 is 0 Å². The van der Waals surface area contributed by atoms with Gasteiger partial charge in [0.15, 0.2) is 5.65 Å². The molecule has 3 rings (SSSR count). The molecule has 0 amide bonds. The van der Waals surface area contributed by atoms with Crippen LogP contribution in [-0.4, -0.2) is 15.0 Å². The van der Waals surface area contributed by atoms with Gasteiger partial charge in [0.2, 0.25) is 0 Å². The zero-order valence-corrected chi connectivity index (χ0v) is 9.61. The van der Waals surface area contributed by atoms with Crippen LogP contribution >= 0.6 is 11.6 Å². The highest BCUT2D eigenvalue weighted by molar-refractivity contribution is 6.33. The molecule has 0 bridgehead atoms. The van der Waals surface area contributed by atoms with Crippen molar-refractivity contribution in [2.75, 3.05) is 0 Å². The topological polar surface area (TPSA) is 38.7 Å². The van der Waals surface area contributed by atoms with Crippen molar-refractivity contribution in [1.82, 2.24) is 15.0 Å². The van der Waals surface area contributed by atoms with Gasteiger partial charge in [-0.2, -0.15) is 0 Å². The quantitative estimate of drug-likeness (QED) is 0.709. The van der Waals surface area contributed by atoms with Crippen LogP contribution in [0.4, 0.5) is 0 Å². The molecule has 1 aliphatic rings. The summed E-state index contributed by atoms with van der Waals surface area (Å²) in [5, 5.41) is 1.32. The average Bonchev–Trinajstić information content (AvgIpc) is 2.82. The Hall–Kier alpha value is -1.22. The minimum Gasteiger partial charge on any atom is -0.233 e. The molecule has 0 radical (unpaired) electrons. The third kappa shape index (κ3) is 1.65. The predicted octanol–water partition coefficient (Wildman–Crippen LogP) is 3.34. The molecule has 2 aromatic rings. The van der Waals surface area contributed by atoms with E-state index in [0.717, 1.165) is 11.1 Å². The summed E-state index contributed by atoms with van der Waals surface area (Å²) < 4.78 is 0. The number of nitrogens with zero attached hydrogens (tertiary/aromatic N) is 3. The Morgan fingerprint density at radius 2 is 1.94 bits per heavy atom. The predicted molar refractivity (Wildman–Crippen MR) is 63.6 cm³/mol. The molecular formula is C12H12ClN3. The summed E-state index contributed by atoms with van der Waals surface area (Å²) in [7, 11) is 0. The van der Waals surface area contributed by atoms with E-state index in [1.807, 2.05) is 6.07 Å². The molecule has 2 aromatic heterocycles. The van der Waals surface area contributed by atoms with Gasteiger partial charge in [-0.05, 0) is 25.0 Å². The lowest BCUT2D eigenvalue weighted by atomic mass is 10.0. The molecule has 0 unspecified atom stereocenters. The van der Waals surface area contributed by atoms with Gasteiger partial charge >= 0.3 is 0 Å². The van der Waals surface area contributed by atoms with Crippen LogP contribution in [0.15, 0.2) is 18.5 Å². The summed E-state index contributed by atoms with van der Waals surface area (Å²) in [6.07, 6.45) is 6.59. The van der Waals surface area contributed by atoms with E-state index in [4.69, 9.17) is 11.6 Å². The highest BCUT2D eigenvalue weighted by Gasteiger charge is 2.18. The van der Waals surface area contributed by atoms with Crippen molar-refractivity contribution in [2.45, 2.75) is 31.6 Å². The van der Waals surface area contributed by atoms with Crippen LogP contribution in [0.5, 0.6) is 0 Å². The van der Waals surface area contributed by atoms with E-state index in [-0.39, 0.29) is 0 Å². The number of halogens is 1. The van der Waals surface area contributed by atoms with Crippen molar-refractivity contribution in [3.63, 3.8) is 0 Å². The third-order valence-corrected chi connectivity index (χ3v) is 3.54. The molecule has 1 aliphatic carbocycles. The van der Waals surface area contributed by atoms with Gasteiger partial charge in [-0.15, -0.1) is 0 Å². The van der Waals surface area contributed by atoms with E-state index >= 15 is 0 Å². The van der Waals surface area contributed by atoms with E-state index in [2.05, 4.69) is 21.0 Å². The average molecular weight is 234 g/mol. The fourth-order valence-electron chi connectivity index (χ4n) is 2.38. The van der Waals surface area contributed by atoms with Gasteiger partial charge in [-0.25, -0.2) is 15.0 Å². The summed E-state index contributed by atoms with van der Waals surface area (Å²) in [4.78, 5) is 12.7. The lowest BCUT2D eigenvalue weighted by molar-refractivity contribution is 0.700. The molecule has 3 nitrogen and oxygen atoms in total. The van der Waals surface area contributed by atoms with Crippen molar-refractivity contribution in [1.29, 1.82) is 0 Å². The first-order chi connectivity index (χ1) is 7.84. The van der Waals surface area contributed by atoms with Crippen LogP contribution < -0.4 is 0 Å². The van der Waals surface area contributed by atoms with Crippen molar-refractivity contribution in [2.24, 2.45) is 0 Å². The summed E-state index contributed by atoms with van der Waals surface area (Å²) in [6, 6.07) is 4.05. The second-order valence-corrected chi connectivity index (χ2v) is 4.61. The second kappa shape index (κ2) is 3.98. The van der Waals surface area contributed by atoms with Crippen molar-refractivity contribution in [3.05, 3.63) is 29.3 Å². The number of pyridine rings is 1. The van der Waals surface area contributed by atoms with E-state index in [1.54, 1.807) is 0 Å². The van der Waals surface area contributed by atoms with Gasteiger partial charge in [0, 0.05) is 11.6 Å². The summed E-state index contributed by atoms with van der Waals surface area (Å²) in [5.74, 6) is 0.609. The van der Waals surface area contributed by atoms with E-state index < -0.39 is 0 Å². The first-order valence-corrected chi connectivity index (χ1v) is 5.99. The van der Waals surface area contributed by atoms with Gasteiger partial charge in [0.05, 0.1) is 5.39 Å². The summed E-state index contributed by atoms with van der Waals surface area (Å²) >= 11 is 5.98. The molecule has 0 aromatic carbocycles. The van der Waals surface area contributed by atoms with Crippen LogP contribution in [-0.2, 0) is 0 Å². The molecule has 0 atom stereocenters. The van der Waals surface area contributed by atoms with Crippen LogP contribution in [0, 0.1) is 0 Å². The molecule has 4 heteroatoms. The lowest BCUT2D eigenvalue weighted by Gasteiger charge is -2.08. The molecule has 2 heterocycles. The second-order valence-electron chi connectivity index (χ2n) is 4.25. The van der Waals surface area contributed by atoms with Gasteiger partial charge in [0.25, 0.3) is 0 Å². The maximum Gasteiger partial charge on any atom is 0.164 e. The normalized spacial score (nSPS) is 17.1. The minimum absolute atomic E-state index is 0.482. The van der Waals surface area contributed by atoms with Gasteiger partial charge in [0.1, 0.15) is 11.5 Å². The molecule has 0 N–H and O–H groups in total. The molecular weight excluding hydrogens is 222 g/mol. The Bertz CT molecular complexity index is 521. The summed E-state index contributed by atoms with van der Waals surface area (Å²) in [6.45, 7) is 0. The van der Waals surface area contributed by atoms with Crippen molar-refractivity contribution < 1.29 is 0 Å². The fraction of sp³-hybridized carbons (Fsp3) is 0.417. The highest BCUT2D eigenvalue weighted by Crippen LogP contribution is 2.33. The third-order valence-electron chi connectivity index (χ3n) is 3.24. The van der Waals surface area contributed by atoms with Crippen LogP contribution in [0.1, 0.15) is 37.3 Å². The molecule has 0 spiro atoms. The van der Waals surface area contributed by atoms with E-state index in [9.17, 15) is 0 Å². The largest absolute Gasteiger partial charge is 0.233 e. The Balaban J connectivity index is 2.08. The van der Waals surface area contributed by atoms with Crippen LogP contribution in [0.25, 0.3) is 11.0 Å². The van der Waals surface area contributed by atoms with E-state index in [1.165, 1.54) is 32.0 Å². The molecule has 1 fully saturated rings. The van der Waals surface area contributed by atoms with Gasteiger partial charge in [-0.3, -0.25) is 0 Å². The Morgan fingerprint density at radius 1 is 1.12 bits per heavy atom. The zero-order chi connectivity index (χ0) is 11.0. The zero-order valence-electron chi connectivity index (χ0n) is 8.86. The smallest absolute Gasteiger partial charge is 0.164 e. The standard InChI is InChI=1S/C12H12ClN3/c13-11-9-5-6-10(8-3-1-2-4-8)16-12(9)15-7-14-11/h5-8H,1-4H2. The first kappa shape index (κ1) is 9.97. The maximum atomic E-state index is 5.98. The molecule has 0 saturated heterocycles. The first-order valence-electron chi connectivity index (χ1n) is 5.62. The van der Waals surface area contributed by atoms with Crippen molar-refractivity contribution in [3.8, 4) is 0 Å². The van der Waals surface area contributed by atoms with Gasteiger partial charge in [-0.1, -0.05) is 24.4 Å². The number of aromatic nitrogens is 3. The molecule has 16 heavy (non-hydrogen) atoms. The molecule has 1 saturated carbocycles. The minimum atomic E-state index is 0.482. The fourth-order valence-corrected chi connectivity index (χ4v) is 2.57. The van der Waals surface area contributed by atoms with Crippen molar-refractivity contribution >= 4 is 22.6 Å². The molecule has 82 valence electrons. The van der Waals surface area contributed by atoms with E-state index in [0.29, 0.717) is 16.7 Å². The van der Waals surface area contributed by atoms with Crippen LogP contribution in [0.3, 0.4) is 0 Å². The maximum absolute atomic E-state index is 5.98. The number of rotatable bonds is 1.